The molecule has 0 saturated carbocycles. The third-order valence-corrected chi connectivity index (χ3v) is 4.04. The number of anilines is 1. The summed E-state index contributed by atoms with van der Waals surface area (Å²) in [6.07, 6.45) is 1.29. The fraction of sp³-hybridized carbons (Fsp3) is 0.312. The zero-order valence-electron chi connectivity index (χ0n) is 12.7. The molecule has 0 aliphatic carbocycles. The summed E-state index contributed by atoms with van der Waals surface area (Å²) < 4.78 is 29.4. The van der Waals surface area contributed by atoms with Gasteiger partial charge in [-0.25, -0.2) is 23.7 Å². The number of aromatic nitrogens is 4. The zero-order valence-corrected chi connectivity index (χ0v) is 12.7. The van der Waals surface area contributed by atoms with Gasteiger partial charge < -0.3 is 10.0 Å². The average molecular weight is 331 g/mol. The smallest absolute Gasteiger partial charge is 0.267 e. The molecule has 1 saturated heterocycles. The Morgan fingerprint density at radius 3 is 2.67 bits per heavy atom. The minimum atomic E-state index is -2.96. The molecule has 1 N–H and O–H groups in total. The molecule has 2 aromatic heterocycles. The normalized spacial score (nSPS) is 20.5. The largest absolute Gasteiger partial charge is 0.391 e. The van der Waals surface area contributed by atoms with Crippen molar-refractivity contribution in [3.8, 4) is 5.69 Å². The van der Waals surface area contributed by atoms with Crippen molar-refractivity contribution in [2.75, 3.05) is 18.0 Å². The van der Waals surface area contributed by atoms with Crippen molar-refractivity contribution in [1.29, 1.82) is 0 Å². The van der Waals surface area contributed by atoms with Crippen LogP contribution in [0.25, 0.3) is 16.9 Å². The lowest BCUT2D eigenvalue weighted by atomic mass is 10.0. The van der Waals surface area contributed by atoms with E-state index in [1.54, 1.807) is 10.9 Å². The van der Waals surface area contributed by atoms with Crippen molar-refractivity contribution in [2.24, 2.45) is 0 Å². The summed E-state index contributed by atoms with van der Waals surface area (Å²) in [5, 5.41) is 9.74. The Balaban J connectivity index is 1.79. The minimum absolute atomic E-state index is 0.0971. The minimum Gasteiger partial charge on any atom is -0.391 e. The maximum Gasteiger partial charge on any atom is 0.267 e. The number of halogens is 2. The molecule has 0 radical (unpaired) electrons. The number of rotatable bonds is 2. The molecule has 0 bridgehead atoms. The van der Waals surface area contributed by atoms with Gasteiger partial charge in [-0.05, 0) is 12.1 Å². The number of nitrogens with zero attached hydrogens (tertiary/aromatic N) is 5. The van der Waals surface area contributed by atoms with E-state index in [0.717, 1.165) is 5.69 Å². The number of hydrogen-bond donors (Lipinski definition) is 1. The first kappa shape index (κ1) is 14.9. The van der Waals surface area contributed by atoms with Crippen LogP contribution in [0, 0.1) is 0 Å². The van der Waals surface area contributed by atoms with E-state index < -0.39 is 25.0 Å². The van der Waals surface area contributed by atoms with Crippen molar-refractivity contribution in [3.05, 3.63) is 43.0 Å². The molecule has 0 spiro atoms. The van der Waals surface area contributed by atoms with Crippen LogP contribution in [0.2, 0.25) is 0 Å². The number of para-hydroxylation sites is 1. The van der Waals surface area contributed by atoms with Crippen LogP contribution in [0.5, 0.6) is 0 Å². The lowest BCUT2D eigenvalue weighted by molar-refractivity contribution is -0.0531. The molecule has 0 amide bonds. The quantitative estimate of drug-likeness (QED) is 0.778. The van der Waals surface area contributed by atoms with Crippen LogP contribution in [0.3, 0.4) is 0 Å². The molecule has 1 aliphatic heterocycles. The Labute approximate surface area is 136 Å². The highest BCUT2D eigenvalue weighted by molar-refractivity contribution is 5.84. The Morgan fingerprint density at radius 1 is 1.12 bits per heavy atom. The highest BCUT2D eigenvalue weighted by Gasteiger charge is 2.40. The van der Waals surface area contributed by atoms with E-state index in [4.69, 9.17) is 0 Å². The van der Waals surface area contributed by atoms with Gasteiger partial charge in [0.05, 0.1) is 12.6 Å². The third-order valence-electron chi connectivity index (χ3n) is 4.04. The molecule has 124 valence electrons. The van der Waals surface area contributed by atoms with Gasteiger partial charge >= 0.3 is 0 Å². The van der Waals surface area contributed by atoms with Gasteiger partial charge in [-0.1, -0.05) is 18.2 Å². The highest BCUT2D eigenvalue weighted by atomic mass is 19.3. The second-order valence-corrected chi connectivity index (χ2v) is 5.91. The molecule has 4 rings (SSSR count). The molecule has 3 aromatic rings. The standard InChI is InChI=1S/C16H15F2N5O/c17-16(18)6-12(24)7-22(8-16)14-13-15(20-9-19-14)23(10-21-13)11-4-2-1-3-5-11/h1-5,9-10,12,24H,6-8H2. The summed E-state index contributed by atoms with van der Waals surface area (Å²) in [7, 11) is 0. The lowest BCUT2D eigenvalue weighted by Crippen LogP contribution is -2.49. The molecule has 1 atom stereocenters. The van der Waals surface area contributed by atoms with E-state index >= 15 is 0 Å². The number of imidazole rings is 1. The van der Waals surface area contributed by atoms with Gasteiger partial charge in [-0.2, -0.15) is 0 Å². The SMILES string of the molecule is OC1CN(c2ncnc3c2ncn3-c2ccccc2)CC(F)(F)C1. The zero-order chi connectivity index (χ0) is 16.7. The summed E-state index contributed by atoms with van der Waals surface area (Å²) in [6, 6.07) is 9.50. The van der Waals surface area contributed by atoms with Gasteiger partial charge in [0.25, 0.3) is 5.92 Å². The van der Waals surface area contributed by atoms with Crippen LogP contribution in [0.4, 0.5) is 14.6 Å². The summed E-state index contributed by atoms with van der Waals surface area (Å²) in [5.41, 5.74) is 1.84. The number of alkyl halides is 2. The topological polar surface area (TPSA) is 67.1 Å². The first-order valence-electron chi connectivity index (χ1n) is 7.58. The van der Waals surface area contributed by atoms with Crippen molar-refractivity contribution >= 4 is 17.0 Å². The molecule has 1 unspecified atom stereocenters. The second kappa shape index (κ2) is 5.48. The predicted molar refractivity (Wildman–Crippen MR) is 84.4 cm³/mol. The Morgan fingerprint density at radius 2 is 1.92 bits per heavy atom. The Bertz CT molecular complexity index is 867. The molecule has 3 heterocycles. The molecule has 1 aliphatic rings. The lowest BCUT2D eigenvalue weighted by Gasteiger charge is -2.36. The number of aliphatic hydroxyl groups excluding tert-OH is 1. The van der Waals surface area contributed by atoms with Crippen LogP contribution >= 0.6 is 0 Å². The molecule has 8 heteroatoms. The number of benzene rings is 1. The number of β-amino-alcohol motifs (C(OH)–C–C–N with tert-alkyl or cyclic N) is 1. The maximum absolute atomic E-state index is 13.8. The van der Waals surface area contributed by atoms with Crippen molar-refractivity contribution in [1.82, 2.24) is 19.5 Å². The molecule has 24 heavy (non-hydrogen) atoms. The predicted octanol–water partition coefficient (Wildman–Crippen LogP) is 2.02. The van der Waals surface area contributed by atoms with Gasteiger partial charge in [-0.15, -0.1) is 0 Å². The van der Waals surface area contributed by atoms with Crippen molar-refractivity contribution in [3.63, 3.8) is 0 Å². The first-order valence-corrected chi connectivity index (χ1v) is 7.58. The van der Waals surface area contributed by atoms with Gasteiger partial charge in [-0.3, -0.25) is 4.57 Å². The fourth-order valence-electron chi connectivity index (χ4n) is 3.06. The van der Waals surface area contributed by atoms with E-state index in [2.05, 4.69) is 15.0 Å². The fourth-order valence-corrected chi connectivity index (χ4v) is 3.06. The highest BCUT2D eigenvalue weighted by Crippen LogP contribution is 2.32. The van der Waals surface area contributed by atoms with Crippen molar-refractivity contribution in [2.45, 2.75) is 18.4 Å². The Hall–Kier alpha value is -2.61. The third kappa shape index (κ3) is 2.58. The molecule has 1 fully saturated rings. The van der Waals surface area contributed by atoms with Gasteiger partial charge in [0.1, 0.15) is 12.7 Å². The van der Waals surface area contributed by atoms with Crippen LogP contribution in [-0.4, -0.2) is 49.7 Å². The maximum atomic E-state index is 13.8. The number of aliphatic hydroxyl groups is 1. The van der Waals surface area contributed by atoms with E-state index in [9.17, 15) is 13.9 Å². The summed E-state index contributed by atoms with van der Waals surface area (Å²) in [6.45, 7) is -0.395. The second-order valence-electron chi connectivity index (χ2n) is 5.91. The number of piperidine rings is 1. The summed E-state index contributed by atoms with van der Waals surface area (Å²) >= 11 is 0. The molecule has 6 nitrogen and oxygen atoms in total. The molecule has 1 aromatic carbocycles. The van der Waals surface area contributed by atoms with Gasteiger partial charge in [0, 0.05) is 18.7 Å². The monoisotopic (exact) mass is 331 g/mol. The summed E-state index contributed by atoms with van der Waals surface area (Å²) in [4.78, 5) is 14.1. The Kier molecular flexibility index (Phi) is 3.42. The van der Waals surface area contributed by atoms with Crippen LogP contribution in [-0.2, 0) is 0 Å². The molecular formula is C16H15F2N5O. The summed E-state index contributed by atoms with van der Waals surface area (Å²) in [5.74, 6) is -2.65. The molecular weight excluding hydrogens is 316 g/mol. The first-order chi connectivity index (χ1) is 11.5. The van der Waals surface area contributed by atoms with Crippen molar-refractivity contribution < 1.29 is 13.9 Å². The number of fused-ring (bicyclic) bond motifs is 1. The van der Waals surface area contributed by atoms with Gasteiger partial charge in [0.15, 0.2) is 17.0 Å². The van der Waals surface area contributed by atoms with Crippen LogP contribution in [0.15, 0.2) is 43.0 Å². The average Bonchev–Trinajstić information content (AvgIpc) is 2.97. The van der Waals surface area contributed by atoms with Crippen LogP contribution < -0.4 is 4.90 Å². The van der Waals surface area contributed by atoms with Crippen LogP contribution in [0.1, 0.15) is 6.42 Å². The van der Waals surface area contributed by atoms with Gasteiger partial charge in [0.2, 0.25) is 0 Å². The van der Waals surface area contributed by atoms with E-state index in [-0.39, 0.29) is 6.54 Å². The van der Waals surface area contributed by atoms with E-state index in [1.165, 1.54) is 11.2 Å². The number of hydrogen-bond acceptors (Lipinski definition) is 5. The van der Waals surface area contributed by atoms with E-state index in [1.807, 2.05) is 30.3 Å². The van der Waals surface area contributed by atoms with E-state index in [0.29, 0.717) is 17.0 Å².